The number of hydrogen-bond donors (Lipinski definition) is 2. The van der Waals surface area contributed by atoms with Crippen molar-refractivity contribution in [3.8, 4) is 11.3 Å². The van der Waals surface area contributed by atoms with Gasteiger partial charge in [0.25, 0.3) is 11.5 Å². The van der Waals surface area contributed by atoms with Gasteiger partial charge in [-0.05, 0) is 54.7 Å². The molecule has 1 aliphatic rings. The lowest BCUT2D eigenvalue weighted by Gasteiger charge is -2.31. The minimum absolute atomic E-state index is 0.0963. The molecule has 1 saturated heterocycles. The van der Waals surface area contributed by atoms with Crippen LogP contribution in [0.3, 0.4) is 0 Å². The molecule has 2 heterocycles. The quantitative estimate of drug-likeness (QED) is 0.626. The Hall–Kier alpha value is -3.74. The van der Waals surface area contributed by atoms with Crippen molar-refractivity contribution in [2.45, 2.75) is 26.3 Å². The van der Waals surface area contributed by atoms with Gasteiger partial charge in [0.1, 0.15) is 11.4 Å². The first kappa shape index (κ1) is 22.5. The Balaban J connectivity index is 1.32. The molecule has 0 aliphatic carbocycles. The Kier molecular flexibility index (Phi) is 6.68. The Labute approximate surface area is 191 Å². The number of halogens is 1. The number of carbonyl (C=O) groups excluding carboxylic acids is 2. The molecule has 33 heavy (non-hydrogen) atoms. The molecule has 2 N–H and O–H groups in total. The lowest BCUT2D eigenvalue weighted by molar-refractivity contribution is -0.126. The van der Waals surface area contributed by atoms with E-state index in [0.29, 0.717) is 42.8 Å². The Morgan fingerprint density at radius 2 is 1.79 bits per heavy atom. The van der Waals surface area contributed by atoms with Crippen molar-refractivity contribution in [2.75, 3.05) is 13.1 Å². The Morgan fingerprint density at radius 3 is 2.45 bits per heavy atom. The smallest absolute Gasteiger partial charge is 0.261 e. The third-order valence-corrected chi connectivity index (χ3v) is 6.08. The second kappa shape index (κ2) is 9.81. The standard InChI is InChI=1S/C26H26FN3O3/c1-17-7-8-18(15-22(17)27)16-28-24(31)20-11-13-30(14-12-20)26(33)21-9-10-23(29-25(21)32)19-5-3-2-4-6-19/h2-10,15,20H,11-14,16H2,1H3,(H,28,31)(H,29,32). The Bertz CT molecular complexity index is 1210. The van der Waals surface area contributed by atoms with Gasteiger partial charge < -0.3 is 15.2 Å². The molecule has 7 heteroatoms. The van der Waals surface area contributed by atoms with Crippen LogP contribution in [0.1, 0.15) is 34.3 Å². The number of H-pyrrole nitrogens is 1. The zero-order valence-corrected chi connectivity index (χ0v) is 18.4. The average molecular weight is 448 g/mol. The lowest BCUT2D eigenvalue weighted by Crippen LogP contribution is -2.44. The largest absolute Gasteiger partial charge is 0.352 e. The molecule has 0 bridgehead atoms. The monoisotopic (exact) mass is 447 g/mol. The van der Waals surface area contributed by atoms with E-state index in [2.05, 4.69) is 10.3 Å². The molecule has 0 radical (unpaired) electrons. The van der Waals surface area contributed by atoms with Gasteiger partial charge in [0.15, 0.2) is 0 Å². The van der Waals surface area contributed by atoms with Gasteiger partial charge in [0.05, 0.1) is 0 Å². The van der Waals surface area contributed by atoms with Crippen LogP contribution < -0.4 is 10.9 Å². The number of rotatable bonds is 5. The third-order valence-electron chi connectivity index (χ3n) is 6.08. The predicted octanol–water partition coefficient (Wildman–Crippen LogP) is 3.66. The normalized spacial score (nSPS) is 14.2. The van der Waals surface area contributed by atoms with Crippen LogP contribution in [-0.2, 0) is 11.3 Å². The van der Waals surface area contributed by atoms with Gasteiger partial charge in [-0.2, -0.15) is 0 Å². The van der Waals surface area contributed by atoms with E-state index in [0.717, 1.165) is 5.56 Å². The van der Waals surface area contributed by atoms with Gasteiger partial charge in [-0.15, -0.1) is 0 Å². The maximum Gasteiger partial charge on any atom is 0.261 e. The van der Waals surface area contributed by atoms with Crippen molar-refractivity contribution in [3.05, 3.63) is 93.5 Å². The van der Waals surface area contributed by atoms with Crippen LogP contribution in [0.25, 0.3) is 11.3 Å². The minimum atomic E-state index is -0.424. The molecule has 1 aliphatic heterocycles. The Morgan fingerprint density at radius 1 is 1.06 bits per heavy atom. The highest BCUT2D eigenvalue weighted by atomic mass is 19.1. The first-order valence-electron chi connectivity index (χ1n) is 11.0. The topological polar surface area (TPSA) is 82.3 Å². The van der Waals surface area contributed by atoms with Crippen LogP contribution in [-0.4, -0.2) is 34.8 Å². The van der Waals surface area contributed by atoms with Crippen LogP contribution >= 0.6 is 0 Å². The van der Waals surface area contributed by atoms with Crippen LogP contribution in [0.2, 0.25) is 0 Å². The van der Waals surface area contributed by atoms with Crippen molar-refractivity contribution in [1.29, 1.82) is 0 Å². The van der Waals surface area contributed by atoms with Crippen LogP contribution in [0.4, 0.5) is 4.39 Å². The maximum atomic E-state index is 13.7. The molecule has 6 nitrogen and oxygen atoms in total. The van der Waals surface area contributed by atoms with Crippen LogP contribution in [0, 0.1) is 18.7 Å². The third kappa shape index (κ3) is 5.19. The predicted molar refractivity (Wildman–Crippen MR) is 124 cm³/mol. The molecule has 4 rings (SSSR count). The van der Waals surface area contributed by atoms with Gasteiger partial charge in [0, 0.05) is 31.2 Å². The zero-order valence-electron chi connectivity index (χ0n) is 18.4. The number of pyridine rings is 1. The summed E-state index contributed by atoms with van der Waals surface area (Å²) in [6.07, 6.45) is 1.03. The molecule has 1 aromatic heterocycles. The summed E-state index contributed by atoms with van der Waals surface area (Å²) < 4.78 is 13.7. The van der Waals surface area contributed by atoms with Crippen molar-refractivity contribution in [1.82, 2.24) is 15.2 Å². The van der Waals surface area contributed by atoms with Crippen LogP contribution in [0.15, 0.2) is 65.5 Å². The fourth-order valence-electron chi connectivity index (χ4n) is 4.02. The number of nitrogens with one attached hydrogen (secondary N) is 2. The highest BCUT2D eigenvalue weighted by Crippen LogP contribution is 2.20. The summed E-state index contributed by atoms with van der Waals surface area (Å²) in [6, 6.07) is 17.6. The van der Waals surface area contributed by atoms with Gasteiger partial charge in [-0.25, -0.2) is 4.39 Å². The molecule has 0 atom stereocenters. The summed E-state index contributed by atoms with van der Waals surface area (Å²) in [5.74, 6) is -0.943. The number of piperidine rings is 1. The summed E-state index contributed by atoms with van der Waals surface area (Å²) in [6.45, 7) is 2.75. The lowest BCUT2D eigenvalue weighted by atomic mass is 9.95. The van der Waals surface area contributed by atoms with E-state index in [4.69, 9.17) is 0 Å². The molecule has 2 aromatic carbocycles. The number of nitrogens with zero attached hydrogens (tertiary/aromatic N) is 1. The first-order chi connectivity index (χ1) is 15.9. The molecular formula is C26H26FN3O3. The molecular weight excluding hydrogens is 421 g/mol. The average Bonchev–Trinajstić information content (AvgIpc) is 2.84. The summed E-state index contributed by atoms with van der Waals surface area (Å²) in [7, 11) is 0. The second-order valence-electron chi connectivity index (χ2n) is 8.35. The van der Waals surface area contributed by atoms with E-state index in [1.54, 1.807) is 36.1 Å². The highest BCUT2D eigenvalue weighted by Gasteiger charge is 2.28. The summed E-state index contributed by atoms with van der Waals surface area (Å²) >= 11 is 0. The van der Waals surface area contributed by atoms with E-state index >= 15 is 0 Å². The van der Waals surface area contributed by atoms with E-state index < -0.39 is 5.56 Å². The molecule has 0 spiro atoms. The fourth-order valence-corrected chi connectivity index (χ4v) is 4.02. The fraction of sp³-hybridized carbons (Fsp3) is 0.269. The summed E-state index contributed by atoms with van der Waals surface area (Å²) in [5, 5.41) is 2.86. The number of benzene rings is 2. The number of aromatic nitrogens is 1. The number of aromatic amines is 1. The number of hydrogen-bond acceptors (Lipinski definition) is 3. The van der Waals surface area contributed by atoms with E-state index in [1.165, 1.54) is 6.07 Å². The molecule has 0 saturated carbocycles. The van der Waals surface area contributed by atoms with Gasteiger partial charge in [-0.1, -0.05) is 42.5 Å². The molecule has 1 fully saturated rings. The number of carbonyl (C=O) groups is 2. The van der Waals surface area contributed by atoms with Gasteiger partial charge in [-0.3, -0.25) is 14.4 Å². The van der Waals surface area contributed by atoms with E-state index in [9.17, 15) is 18.8 Å². The molecule has 3 aromatic rings. The minimum Gasteiger partial charge on any atom is -0.352 e. The van der Waals surface area contributed by atoms with Crippen molar-refractivity contribution in [3.63, 3.8) is 0 Å². The summed E-state index contributed by atoms with van der Waals surface area (Å²) in [4.78, 5) is 42.4. The maximum absolute atomic E-state index is 13.7. The highest BCUT2D eigenvalue weighted by molar-refractivity contribution is 5.94. The van der Waals surface area contributed by atoms with E-state index in [-0.39, 0.29) is 35.7 Å². The summed E-state index contributed by atoms with van der Waals surface area (Å²) in [5.41, 5.74) is 2.47. The molecule has 2 amide bonds. The number of amides is 2. The zero-order chi connectivity index (χ0) is 23.4. The van der Waals surface area contributed by atoms with Crippen molar-refractivity contribution < 1.29 is 14.0 Å². The van der Waals surface area contributed by atoms with Gasteiger partial charge >= 0.3 is 0 Å². The van der Waals surface area contributed by atoms with Crippen LogP contribution in [0.5, 0.6) is 0 Å². The van der Waals surface area contributed by atoms with Gasteiger partial charge in [0.2, 0.25) is 5.91 Å². The first-order valence-corrected chi connectivity index (χ1v) is 11.0. The number of likely N-dealkylation sites (tertiary alicyclic amines) is 1. The van der Waals surface area contributed by atoms with E-state index in [1.807, 2.05) is 30.3 Å². The number of aryl methyl sites for hydroxylation is 1. The van der Waals surface area contributed by atoms with Crippen molar-refractivity contribution in [2.24, 2.45) is 5.92 Å². The molecule has 0 unspecified atom stereocenters. The molecule has 170 valence electrons. The van der Waals surface area contributed by atoms with Crippen molar-refractivity contribution >= 4 is 11.8 Å². The second-order valence-corrected chi connectivity index (χ2v) is 8.35. The SMILES string of the molecule is Cc1ccc(CNC(=O)C2CCN(C(=O)c3ccc(-c4ccccc4)[nH]c3=O)CC2)cc1F.